The van der Waals surface area contributed by atoms with Crippen LogP contribution in [0.1, 0.15) is 22.2 Å². The molecule has 1 N–H and O–H groups in total. The number of hydrogen-bond donors (Lipinski definition) is 1. The summed E-state index contributed by atoms with van der Waals surface area (Å²) in [5.74, 6) is 0.0664. The zero-order valence-corrected chi connectivity index (χ0v) is 12.9. The maximum atomic E-state index is 12.4. The van der Waals surface area contributed by atoms with Gasteiger partial charge in [0, 0.05) is 42.7 Å². The quantitative estimate of drug-likeness (QED) is 0.913. The minimum absolute atomic E-state index is 0.0664. The predicted octanol–water partition coefficient (Wildman–Crippen LogP) is 3.49. The molecule has 0 aliphatic carbocycles. The van der Waals surface area contributed by atoms with Crippen molar-refractivity contribution in [1.82, 2.24) is 4.90 Å². The molecule has 1 aromatic heterocycles. The number of carbonyl (C=O) groups excluding carboxylic acids is 1. The summed E-state index contributed by atoms with van der Waals surface area (Å²) in [4.78, 5) is 15.5. The molecule has 0 spiro atoms. The van der Waals surface area contributed by atoms with Crippen molar-refractivity contribution in [3.05, 3.63) is 52.2 Å². The minimum atomic E-state index is 0.0664. The van der Waals surface area contributed by atoms with Crippen LogP contribution in [0.5, 0.6) is 0 Å². The van der Waals surface area contributed by atoms with Crippen molar-refractivity contribution in [2.75, 3.05) is 19.4 Å². The molecule has 2 aromatic rings. The van der Waals surface area contributed by atoms with E-state index in [-0.39, 0.29) is 11.9 Å². The van der Waals surface area contributed by atoms with E-state index in [1.165, 1.54) is 4.88 Å². The smallest absolute Gasteiger partial charge is 0.253 e. The van der Waals surface area contributed by atoms with Crippen LogP contribution in [0.2, 0.25) is 0 Å². The molecule has 0 fully saturated rings. The van der Waals surface area contributed by atoms with E-state index in [1.807, 2.05) is 49.3 Å². The maximum Gasteiger partial charge on any atom is 0.253 e. The molecule has 4 heteroatoms. The Morgan fingerprint density at radius 2 is 2.00 bits per heavy atom. The molecular weight excluding hydrogens is 268 g/mol. The lowest BCUT2D eigenvalue weighted by molar-refractivity contribution is 0.0744. The molecule has 2 rings (SSSR count). The Bertz CT molecular complexity index is 548. The van der Waals surface area contributed by atoms with Gasteiger partial charge in [0.15, 0.2) is 0 Å². The second kappa shape index (κ2) is 6.57. The van der Waals surface area contributed by atoms with E-state index in [0.717, 1.165) is 17.7 Å². The van der Waals surface area contributed by atoms with Gasteiger partial charge < -0.3 is 10.2 Å². The van der Waals surface area contributed by atoms with Gasteiger partial charge in [0.1, 0.15) is 0 Å². The first kappa shape index (κ1) is 14.6. The lowest BCUT2D eigenvalue weighted by Gasteiger charge is -2.24. The fourth-order valence-electron chi connectivity index (χ4n) is 2.04. The number of hydrogen-bond acceptors (Lipinski definition) is 3. The van der Waals surface area contributed by atoms with Crippen LogP contribution < -0.4 is 5.32 Å². The zero-order valence-electron chi connectivity index (χ0n) is 12.1. The van der Waals surface area contributed by atoms with E-state index in [2.05, 4.69) is 23.7 Å². The fourth-order valence-corrected chi connectivity index (χ4v) is 2.87. The van der Waals surface area contributed by atoms with Gasteiger partial charge in [0.05, 0.1) is 0 Å². The normalized spacial score (nSPS) is 11.9. The molecule has 20 heavy (non-hydrogen) atoms. The summed E-state index contributed by atoms with van der Waals surface area (Å²) in [5, 5.41) is 5.12. The molecule has 1 amide bonds. The lowest BCUT2D eigenvalue weighted by atomic mass is 10.1. The van der Waals surface area contributed by atoms with Crippen LogP contribution in [0.4, 0.5) is 5.69 Å². The second-order valence-electron chi connectivity index (χ2n) is 4.88. The second-order valence-corrected chi connectivity index (χ2v) is 5.91. The summed E-state index contributed by atoms with van der Waals surface area (Å²) in [5.41, 5.74) is 1.74. The minimum Gasteiger partial charge on any atom is -0.388 e. The Morgan fingerprint density at radius 1 is 1.30 bits per heavy atom. The SMILES string of the molecule is CNc1ccc(C(=O)N(C)C(C)Cc2cccs2)cc1. The highest BCUT2D eigenvalue weighted by Gasteiger charge is 2.18. The van der Waals surface area contributed by atoms with Gasteiger partial charge in [-0.15, -0.1) is 11.3 Å². The van der Waals surface area contributed by atoms with Gasteiger partial charge in [-0.25, -0.2) is 0 Å². The van der Waals surface area contributed by atoms with Gasteiger partial charge in [-0.1, -0.05) is 6.07 Å². The van der Waals surface area contributed by atoms with E-state index in [0.29, 0.717) is 0 Å². The molecule has 0 aliphatic heterocycles. The first-order valence-corrected chi connectivity index (χ1v) is 7.57. The number of anilines is 1. The van der Waals surface area contributed by atoms with Gasteiger partial charge in [0.2, 0.25) is 0 Å². The molecule has 0 saturated carbocycles. The van der Waals surface area contributed by atoms with E-state index in [9.17, 15) is 4.79 Å². The average molecular weight is 288 g/mol. The Morgan fingerprint density at radius 3 is 2.55 bits per heavy atom. The van der Waals surface area contributed by atoms with E-state index >= 15 is 0 Å². The number of nitrogens with one attached hydrogen (secondary N) is 1. The zero-order chi connectivity index (χ0) is 14.5. The van der Waals surface area contributed by atoms with Crippen molar-refractivity contribution < 1.29 is 4.79 Å². The number of likely N-dealkylation sites (N-methyl/N-ethyl adjacent to an activating group) is 1. The number of nitrogens with zero attached hydrogens (tertiary/aromatic N) is 1. The highest BCUT2D eigenvalue weighted by Crippen LogP contribution is 2.16. The molecule has 0 bridgehead atoms. The van der Waals surface area contributed by atoms with Gasteiger partial charge in [-0.2, -0.15) is 0 Å². The number of amides is 1. The maximum absolute atomic E-state index is 12.4. The van der Waals surface area contributed by atoms with Crippen molar-refractivity contribution in [3.8, 4) is 0 Å². The summed E-state index contributed by atoms with van der Waals surface area (Å²) in [6.07, 6.45) is 0.897. The monoisotopic (exact) mass is 288 g/mol. The number of rotatable bonds is 5. The number of benzene rings is 1. The Labute approximate surface area is 124 Å². The van der Waals surface area contributed by atoms with Crippen LogP contribution >= 0.6 is 11.3 Å². The fraction of sp³-hybridized carbons (Fsp3) is 0.312. The van der Waals surface area contributed by atoms with Gasteiger partial charge >= 0.3 is 0 Å². The summed E-state index contributed by atoms with van der Waals surface area (Å²) >= 11 is 1.73. The van der Waals surface area contributed by atoms with Crippen molar-refractivity contribution >= 4 is 22.9 Å². The third-order valence-electron chi connectivity index (χ3n) is 3.48. The van der Waals surface area contributed by atoms with E-state index in [1.54, 1.807) is 11.3 Å². The topological polar surface area (TPSA) is 32.3 Å². The first-order valence-electron chi connectivity index (χ1n) is 6.69. The summed E-state index contributed by atoms with van der Waals surface area (Å²) < 4.78 is 0. The van der Waals surface area contributed by atoms with E-state index < -0.39 is 0 Å². The predicted molar refractivity (Wildman–Crippen MR) is 85.6 cm³/mol. The van der Waals surface area contributed by atoms with Crippen molar-refractivity contribution in [1.29, 1.82) is 0 Å². The molecule has 1 unspecified atom stereocenters. The molecule has 3 nitrogen and oxygen atoms in total. The molecule has 1 aromatic carbocycles. The standard InChI is InChI=1S/C16H20N2OS/c1-12(11-15-5-4-10-20-15)18(3)16(19)13-6-8-14(17-2)9-7-13/h4-10,12,17H,11H2,1-3H3. The van der Waals surface area contributed by atoms with Crippen LogP contribution in [0.25, 0.3) is 0 Å². The van der Waals surface area contributed by atoms with Crippen molar-refractivity contribution in [2.24, 2.45) is 0 Å². The highest BCUT2D eigenvalue weighted by molar-refractivity contribution is 7.09. The van der Waals surface area contributed by atoms with Crippen molar-refractivity contribution in [2.45, 2.75) is 19.4 Å². The molecule has 0 saturated heterocycles. The van der Waals surface area contributed by atoms with Crippen molar-refractivity contribution in [3.63, 3.8) is 0 Å². The summed E-state index contributed by atoms with van der Waals surface area (Å²) in [6, 6.07) is 11.9. The lowest BCUT2D eigenvalue weighted by Crippen LogP contribution is -2.36. The molecule has 1 heterocycles. The Balaban J connectivity index is 2.03. The average Bonchev–Trinajstić information content (AvgIpc) is 2.98. The third kappa shape index (κ3) is 3.39. The number of thiophene rings is 1. The Hall–Kier alpha value is -1.81. The molecule has 106 valence electrons. The largest absolute Gasteiger partial charge is 0.388 e. The molecular formula is C16H20N2OS. The molecule has 0 radical (unpaired) electrons. The van der Waals surface area contributed by atoms with Crippen LogP contribution in [-0.4, -0.2) is 30.9 Å². The molecule has 1 atom stereocenters. The van der Waals surface area contributed by atoms with E-state index in [4.69, 9.17) is 0 Å². The molecule has 0 aliphatic rings. The van der Waals surface area contributed by atoms with Crippen LogP contribution in [0.15, 0.2) is 41.8 Å². The van der Waals surface area contributed by atoms with Gasteiger partial charge in [-0.05, 0) is 42.6 Å². The van der Waals surface area contributed by atoms with Crippen LogP contribution in [0.3, 0.4) is 0 Å². The van der Waals surface area contributed by atoms with Gasteiger partial charge in [0.25, 0.3) is 5.91 Å². The third-order valence-corrected chi connectivity index (χ3v) is 4.38. The Kier molecular flexibility index (Phi) is 4.79. The first-order chi connectivity index (χ1) is 9.61. The van der Waals surface area contributed by atoms with Gasteiger partial charge in [-0.3, -0.25) is 4.79 Å². The van der Waals surface area contributed by atoms with Crippen LogP contribution in [-0.2, 0) is 6.42 Å². The number of carbonyl (C=O) groups is 1. The highest BCUT2D eigenvalue weighted by atomic mass is 32.1. The summed E-state index contributed by atoms with van der Waals surface area (Å²) in [7, 11) is 3.73. The summed E-state index contributed by atoms with van der Waals surface area (Å²) in [6.45, 7) is 2.08. The van der Waals surface area contributed by atoms with Crippen LogP contribution in [0, 0.1) is 0 Å².